The first kappa shape index (κ1) is 23.2. The number of aromatic nitrogens is 1. The summed E-state index contributed by atoms with van der Waals surface area (Å²) in [5.74, 6) is -0.393. The topological polar surface area (TPSA) is 91.8 Å². The maximum atomic E-state index is 13.2. The van der Waals surface area contributed by atoms with E-state index in [1.165, 1.54) is 10.4 Å². The Morgan fingerprint density at radius 2 is 1.79 bits per heavy atom. The van der Waals surface area contributed by atoms with Crippen molar-refractivity contribution in [2.45, 2.75) is 18.7 Å². The van der Waals surface area contributed by atoms with Gasteiger partial charge in [0.25, 0.3) is 5.91 Å². The van der Waals surface area contributed by atoms with Crippen LogP contribution in [0.3, 0.4) is 0 Å². The van der Waals surface area contributed by atoms with Crippen LogP contribution < -0.4 is 10.2 Å². The van der Waals surface area contributed by atoms with Crippen LogP contribution in [0.4, 0.5) is 11.4 Å². The first-order valence-corrected chi connectivity index (χ1v) is 12.5. The first-order chi connectivity index (χ1) is 15.9. The zero-order chi connectivity index (χ0) is 23.4. The molecule has 0 atom stereocenters. The van der Waals surface area contributed by atoms with Crippen LogP contribution in [-0.2, 0) is 14.8 Å². The molecular weight excluding hydrogens is 440 g/mol. The number of nitrogens with one attached hydrogen (secondary N) is 1. The van der Waals surface area contributed by atoms with Crippen molar-refractivity contribution >= 4 is 38.2 Å². The Balaban J connectivity index is 1.70. The van der Waals surface area contributed by atoms with E-state index in [-0.39, 0.29) is 10.6 Å². The summed E-state index contributed by atoms with van der Waals surface area (Å²) in [6.07, 6.45) is 0. The van der Waals surface area contributed by atoms with Crippen LogP contribution in [0.2, 0.25) is 0 Å². The van der Waals surface area contributed by atoms with Crippen LogP contribution in [0.15, 0.2) is 59.5 Å². The number of nitrogens with zero attached hydrogens (tertiary/aromatic N) is 3. The van der Waals surface area contributed by atoms with Gasteiger partial charge in [-0.2, -0.15) is 4.31 Å². The first-order valence-electron chi connectivity index (χ1n) is 11.1. The minimum atomic E-state index is -3.70. The number of fused-ring (bicyclic) bond motifs is 1. The van der Waals surface area contributed by atoms with Crippen molar-refractivity contribution in [1.82, 2.24) is 9.29 Å². The summed E-state index contributed by atoms with van der Waals surface area (Å²) in [5, 5.41) is 3.85. The Kier molecular flexibility index (Phi) is 6.92. The molecule has 1 fully saturated rings. The molecule has 33 heavy (non-hydrogen) atoms. The molecule has 174 valence electrons. The molecule has 0 radical (unpaired) electrons. The number of pyridine rings is 1. The zero-order valence-corrected chi connectivity index (χ0v) is 19.6. The number of benzene rings is 2. The standard InChI is InChI=1S/C24H28N4O4S/c1-3-27(4-2)23-12-10-19(33(30,31)28-13-15-32-16-14-28)17-22(23)26-24(29)21-11-9-18-7-5-6-8-20(18)25-21/h5-12,17H,3-4,13-16H2,1-2H3,(H,26,29). The number of carbonyl (C=O) groups is 1. The van der Waals surface area contributed by atoms with E-state index in [9.17, 15) is 13.2 Å². The van der Waals surface area contributed by atoms with Crippen molar-refractivity contribution in [2.75, 3.05) is 49.6 Å². The Morgan fingerprint density at radius 3 is 2.52 bits per heavy atom. The number of ether oxygens (including phenoxy) is 1. The highest BCUT2D eigenvalue weighted by atomic mass is 32.2. The normalized spacial score (nSPS) is 14.8. The van der Waals surface area contributed by atoms with Gasteiger partial charge in [0.05, 0.1) is 35.0 Å². The van der Waals surface area contributed by atoms with E-state index in [1.54, 1.807) is 18.2 Å². The summed E-state index contributed by atoms with van der Waals surface area (Å²) >= 11 is 0. The number of sulfonamides is 1. The molecule has 2 heterocycles. The maximum Gasteiger partial charge on any atom is 0.274 e. The van der Waals surface area contributed by atoms with Crippen LogP contribution in [-0.4, -0.2) is 63.0 Å². The van der Waals surface area contributed by atoms with Crippen LogP contribution in [0.25, 0.3) is 10.9 Å². The fourth-order valence-electron chi connectivity index (χ4n) is 3.93. The van der Waals surface area contributed by atoms with Gasteiger partial charge in [0.1, 0.15) is 5.69 Å². The van der Waals surface area contributed by atoms with E-state index >= 15 is 0 Å². The van der Waals surface area contributed by atoms with Crippen molar-refractivity contribution in [1.29, 1.82) is 0 Å². The van der Waals surface area contributed by atoms with Gasteiger partial charge in [-0.3, -0.25) is 4.79 Å². The van der Waals surface area contributed by atoms with E-state index in [4.69, 9.17) is 4.74 Å². The SMILES string of the molecule is CCN(CC)c1ccc(S(=O)(=O)N2CCOCC2)cc1NC(=O)c1ccc2ccccc2n1. The largest absolute Gasteiger partial charge is 0.379 e. The highest BCUT2D eigenvalue weighted by Crippen LogP contribution is 2.31. The summed E-state index contributed by atoms with van der Waals surface area (Å²) in [6.45, 7) is 6.80. The number of morpholine rings is 1. The van der Waals surface area contributed by atoms with Crippen LogP contribution >= 0.6 is 0 Å². The van der Waals surface area contributed by atoms with Gasteiger partial charge < -0.3 is 15.0 Å². The van der Waals surface area contributed by atoms with Gasteiger partial charge in [0, 0.05) is 31.6 Å². The average Bonchev–Trinajstić information content (AvgIpc) is 2.85. The molecule has 0 aliphatic carbocycles. The summed E-state index contributed by atoms with van der Waals surface area (Å²) in [5.41, 5.74) is 2.18. The van der Waals surface area contributed by atoms with Crippen LogP contribution in [0.5, 0.6) is 0 Å². The van der Waals surface area contributed by atoms with Gasteiger partial charge in [-0.15, -0.1) is 0 Å². The second-order valence-electron chi connectivity index (χ2n) is 7.71. The van der Waals surface area contributed by atoms with Gasteiger partial charge in [0.15, 0.2) is 0 Å². The predicted octanol–water partition coefficient (Wildman–Crippen LogP) is 3.35. The van der Waals surface area contributed by atoms with Gasteiger partial charge in [-0.25, -0.2) is 13.4 Å². The lowest BCUT2D eigenvalue weighted by Crippen LogP contribution is -2.40. The summed E-state index contributed by atoms with van der Waals surface area (Å²) < 4.78 is 33.1. The van der Waals surface area contributed by atoms with Crippen molar-refractivity contribution in [3.05, 3.63) is 60.3 Å². The smallest absolute Gasteiger partial charge is 0.274 e. The highest BCUT2D eigenvalue weighted by Gasteiger charge is 2.27. The molecule has 0 bridgehead atoms. The highest BCUT2D eigenvalue weighted by molar-refractivity contribution is 7.89. The van der Waals surface area contributed by atoms with E-state index in [2.05, 4.69) is 15.2 Å². The number of rotatable bonds is 7. The average molecular weight is 469 g/mol. The number of para-hydroxylation sites is 1. The third-order valence-electron chi connectivity index (χ3n) is 5.76. The Hall–Kier alpha value is -3.01. The number of hydrogen-bond donors (Lipinski definition) is 1. The lowest BCUT2D eigenvalue weighted by atomic mass is 10.2. The minimum absolute atomic E-state index is 0.141. The zero-order valence-electron chi connectivity index (χ0n) is 18.8. The molecule has 3 aromatic rings. The number of anilines is 2. The molecule has 0 saturated carbocycles. The molecule has 1 N–H and O–H groups in total. The van der Waals surface area contributed by atoms with Crippen molar-refractivity contribution in [3.63, 3.8) is 0 Å². The molecular formula is C24H28N4O4S. The third-order valence-corrected chi connectivity index (χ3v) is 7.65. The lowest BCUT2D eigenvalue weighted by molar-refractivity contribution is 0.0730. The fraction of sp³-hybridized carbons (Fsp3) is 0.333. The molecule has 2 aromatic carbocycles. The molecule has 1 aliphatic rings. The van der Waals surface area contributed by atoms with E-state index < -0.39 is 15.9 Å². The molecule has 4 rings (SSSR count). The van der Waals surface area contributed by atoms with E-state index in [1.807, 2.05) is 44.2 Å². The Labute approximate surface area is 194 Å². The lowest BCUT2D eigenvalue weighted by Gasteiger charge is -2.28. The molecule has 8 nitrogen and oxygen atoms in total. The molecule has 0 spiro atoms. The monoisotopic (exact) mass is 468 g/mol. The number of hydrogen-bond acceptors (Lipinski definition) is 6. The van der Waals surface area contributed by atoms with Gasteiger partial charge in [-0.05, 0) is 44.2 Å². The predicted molar refractivity (Wildman–Crippen MR) is 129 cm³/mol. The molecule has 1 amide bonds. The summed E-state index contributed by atoms with van der Waals surface area (Å²) in [7, 11) is -3.70. The Morgan fingerprint density at radius 1 is 1.06 bits per heavy atom. The van der Waals surface area contributed by atoms with Crippen LogP contribution in [0, 0.1) is 0 Å². The van der Waals surface area contributed by atoms with Crippen molar-refractivity contribution in [2.24, 2.45) is 0 Å². The van der Waals surface area contributed by atoms with Gasteiger partial charge in [-0.1, -0.05) is 24.3 Å². The maximum absolute atomic E-state index is 13.2. The summed E-state index contributed by atoms with van der Waals surface area (Å²) in [6, 6.07) is 16.0. The molecule has 1 aliphatic heterocycles. The molecule has 9 heteroatoms. The quantitative estimate of drug-likeness (QED) is 0.572. The second-order valence-corrected chi connectivity index (χ2v) is 9.65. The van der Waals surface area contributed by atoms with E-state index in [0.29, 0.717) is 45.1 Å². The van der Waals surface area contributed by atoms with Gasteiger partial charge in [0.2, 0.25) is 10.0 Å². The number of carbonyl (C=O) groups excluding carboxylic acids is 1. The number of amides is 1. The van der Waals surface area contributed by atoms with E-state index in [0.717, 1.165) is 16.6 Å². The Bertz CT molecular complexity index is 1250. The minimum Gasteiger partial charge on any atom is -0.379 e. The molecule has 1 aromatic heterocycles. The second kappa shape index (κ2) is 9.86. The third kappa shape index (κ3) is 4.85. The van der Waals surface area contributed by atoms with Crippen molar-refractivity contribution in [3.8, 4) is 0 Å². The van der Waals surface area contributed by atoms with Crippen molar-refractivity contribution < 1.29 is 17.9 Å². The molecule has 0 unspecified atom stereocenters. The molecule has 1 saturated heterocycles. The van der Waals surface area contributed by atoms with Gasteiger partial charge >= 0.3 is 0 Å². The van der Waals surface area contributed by atoms with Crippen LogP contribution in [0.1, 0.15) is 24.3 Å². The summed E-state index contributed by atoms with van der Waals surface area (Å²) in [4.78, 5) is 19.8. The fourth-order valence-corrected chi connectivity index (χ4v) is 5.37.